The lowest BCUT2D eigenvalue weighted by atomic mass is 10.1. The van der Waals surface area contributed by atoms with Crippen molar-refractivity contribution in [1.82, 2.24) is 9.88 Å². The highest BCUT2D eigenvalue weighted by Gasteiger charge is 2.12. The number of hydrogen-bond acceptors (Lipinski definition) is 3. The molecule has 0 aliphatic carbocycles. The average Bonchev–Trinajstić information content (AvgIpc) is 2.82. The fourth-order valence-electron chi connectivity index (χ4n) is 2.55. The zero-order chi connectivity index (χ0) is 14.5. The highest BCUT2D eigenvalue weighted by Crippen LogP contribution is 2.24. The summed E-state index contributed by atoms with van der Waals surface area (Å²) in [5.41, 5.74) is 2.24. The lowest BCUT2D eigenvalue weighted by Gasteiger charge is -2.20. The lowest BCUT2D eigenvalue weighted by Crippen LogP contribution is -2.24. The number of benzene rings is 1. The topological polar surface area (TPSA) is 62.2 Å². The smallest absolute Gasteiger partial charge is 0.270 e. The van der Waals surface area contributed by atoms with Gasteiger partial charge in [0.1, 0.15) is 0 Å². The van der Waals surface area contributed by atoms with Crippen molar-refractivity contribution in [3.8, 4) is 0 Å². The van der Waals surface area contributed by atoms with E-state index in [1.807, 2.05) is 6.20 Å². The monoisotopic (exact) mass is 275 g/mol. The molecule has 1 aromatic carbocycles. The molecular weight excluding hydrogens is 254 g/mol. The number of nitrogens with zero attached hydrogens (tertiary/aromatic N) is 2. The number of hydrogen-bond donors (Lipinski definition) is 1. The van der Waals surface area contributed by atoms with Gasteiger partial charge in [-0.25, -0.2) is 0 Å². The lowest BCUT2D eigenvalue weighted by molar-refractivity contribution is -0.384. The Balaban J connectivity index is 2.28. The minimum absolute atomic E-state index is 0.149. The molecule has 1 aromatic heterocycles. The van der Waals surface area contributed by atoms with Crippen LogP contribution in [-0.2, 0) is 6.54 Å². The molecule has 0 fully saturated rings. The summed E-state index contributed by atoms with van der Waals surface area (Å²) in [4.78, 5) is 16.1. The van der Waals surface area contributed by atoms with Crippen LogP contribution in [0.25, 0.3) is 10.9 Å². The number of aromatic nitrogens is 1. The van der Waals surface area contributed by atoms with E-state index >= 15 is 0 Å². The second-order valence-corrected chi connectivity index (χ2v) is 5.08. The summed E-state index contributed by atoms with van der Waals surface area (Å²) in [6.07, 6.45) is 4.19. The first-order chi connectivity index (χ1) is 9.65. The largest absolute Gasteiger partial charge is 0.361 e. The molecule has 0 saturated heterocycles. The number of aromatic amines is 1. The first-order valence-electron chi connectivity index (χ1n) is 7.12. The first kappa shape index (κ1) is 14.5. The van der Waals surface area contributed by atoms with E-state index in [0.717, 1.165) is 48.9 Å². The van der Waals surface area contributed by atoms with E-state index in [1.165, 1.54) is 0 Å². The van der Waals surface area contributed by atoms with Crippen LogP contribution in [0.2, 0.25) is 0 Å². The maximum Gasteiger partial charge on any atom is 0.270 e. The molecule has 0 unspecified atom stereocenters. The summed E-state index contributed by atoms with van der Waals surface area (Å²) >= 11 is 0. The van der Waals surface area contributed by atoms with E-state index in [4.69, 9.17) is 0 Å². The molecule has 0 saturated carbocycles. The minimum atomic E-state index is -0.341. The van der Waals surface area contributed by atoms with Gasteiger partial charge >= 0.3 is 0 Å². The molecule has 0 bridgehead atoms. The normalized spacial score (nSPS) is 11.3. The maximum atomic E-state index is 10.9. The number of non-ortho nitro benzene ring substituents is 1. The van der Waals surface area contributed by atoms with Crippen LogP contribution in [0.15, 0.2) is 24.4 Å². The van der Waals surface area contributed by atoms with Crippen molar-refractivity contribution in [1.29, 1.82) is 0 Å². The fraction of sp³-hybridized carbons (Fsp3) is 0.467. The van der Waals surface area contributed by atoms with Crippen LogP contribution >= 0.6 is 0 Å². The van der Waals surface area contributed by atoms with Gasteiger partial charge in [0.05, 0.1) is 4.92 Å². The standard InChI is InChI=1S/C15H21N3O2/c1-3-7-17(8-4-2)11-12-10-16-15-6-5-13(18(19)20)9-14(12)15/h5-6,9-10,16H,3-4,7-8,11H2,1-2H3. The van der Waals surface area contributed by atoms with Gasteiger partial charge in [0.15, 0.2) is 0 Å². The summed E-state index contributed by atoms with van der Waals surface area (Å²) in [5, 5.41) is 11.8. The van der Waals surface area contributed by atoms with Gasteiger partial charge in [0.2, 0.25) is 0 Å². The van der Waals surface area contributed by atoms with Crippen LogP contribution in [0.3, 0.4) is 0 Å². The van der Waals surface area contributed by atoms with Gasteiger partial charge in [-0.15, -0.1) is 0 Å². The average molecular weight is 275 g/mol. The van der Waals surface area contributed by atoms with E-state index in [1.54, 1.807) is 18.2 Å². The van der Waals surface area contributed by atoms with Crippen molar-refractivity contribution in [2.45, 2.75) is 33.2 Å². The Morgan fingerprint density at radius 1 is 1.25 bits per heavy atom. The molecule has 0 aliphatic heterocycles. The molecule has 0 amide bonds. The number of nitro benzene ring substituents is 1. The molecule has 108 valence electrons. The Hall–Kier alpha value is -1.88. The summed E-state index contributed by atoms with van der Waals surface area (Å²) in [7, 11) is 0. The molecule has 2 aromatic rings. The van der Waals surface area contributed by atoms with Gasteiger partial charge in [-0.05, 0) is 37.6 Å². The van der Waals surface area contributed by atoms with Crippen LogP contribution in [0.1, 0.15) is 32.3 Å². The van der Waals surface area contributed by atoms with Gasteiger partial charge < -0.3 is 4.98 Å². The summed E-state index contributed by atoms with van der Waals surface area (Å²) < 4.78 is 0. The van der Waals surface area contributed by atoms with Gasteiger partial charge in [-0.1, -0.05) is 13.8 Å². The predicted molar refractivity (Wildman–Crippen MR) is 80.8 cm³/mol. The van der Waals surface area contributed by atoms with Crippen molar-refractivity contribution in [2.24, 2.45) is 0 Å². The van der Waals surface area contributed by atoms with Crippen molar-refractivity contribution in [3.05, 3.63) is 40.1 Å². The van der Waals surface area contributed by atoms with Gasteiger partial charge in [-0.2, -0.15) is 0 Å². The van der Waals surface area contributed by atoms with Crippen molar-refractivity contribution in [2.75, 3.05) is 13.1 Å². The number of nitrogens with one attached hydrogen (secondary N) is 1. The molecule has 1 heterocycles. The third kappa shape index (κ3) is 3.17. The second kappa shape index (κ2) is 6.52. The van der Waals surface area contributed by atoms with Crippen LogP contribution in [0.4, 0.5) is 5.69 Å². The predicted octanol–water partition coefficient (Wildman–Crippen LogP) is 3.70. The Morgan fingerprint density at radius 2 is 1.95 bits per heavy atom. The molecule has 0 atom stereocenters. The van der Waals surface area contributed by atoms with Gasteiger partial charge in [0, 0.05) is 35.8 Å². The summed E-state index contributed by atoms with van der Waals surface area (Å²) in [6.45, 7) is 7.28. The fourth-order valence-corrected chi connectivity index (χ4v) is 2.55. The Labute approximate surface area is 118 Å². The minimum Gasteiger partial charge on any atom is -0.361 e. The molecule has 1 N–H and O–H groups in total. The molecular formula is C15H21N3O2. The summed E-state index contributed by atoms with van der Waals surface area (Å²) in [6, 6.07) is 4.98. The Morgan fingerprint density at radius 3 is 2.55 bits per heavy atom. The van der Waals surface area contributed by atoms with Crippen LogP contribution in [0.5, 0.6) is 0 Å². The second-order valence-electron chi connectivity index (χ2n) is 5.08. The highest BCUT2D eigenvalue weighted by atomic mass is 16.6. The molecule has 0 aliphatic rings. The zero-order valence-electron chi connectivity index (χ0n) is 12.1. The third-order valence-electron chi connectivity index (χ3n) is 3.44. The van der Waals surface area contributed by atoms with Crippen molar-refractivity contribution >= 4 is 16.6 Å². The van der Waals surface area contributed by atoms with Crippen molar-refractivity contribution in [3.63, 3.8) is 0 Å². The molecule has 5 heteroatoms. The Bertz CT molecular complexity index is 586. The SMILES string of the molecule is CCCN(CCC)Cc1c[nH]c2ccc([N+](=O)[O-])cc12. The number of rotatable bonds is 7. The van der Waals surface area contributed by atoms with Crippen molar-refractivity contribution < 1.29 is 4.92 Å². The Kier molecular flexibility index (Phi) is 4.74. The zero-order valence-corrected chi connectivity index (χ0v) is 12.1. The quantitative estimate of drug-likeness (QED) is 0.619. The van der Waals surface area contributed by atoms with E-state index in [-0.39, 0.29) is 10.6 Å². The van der Waals surface area contributed by atoms with E-state index in [0.29, 0.717) is 0 Å². The first-order valence-corrected chi connectivity index (χ1v) is 7.12. The van der Waals surface area contributed by atoms with Crippen LogP contribution < -0.4 is 0 Å². The molecule has 20 heavy (non-hydrogen) atoms. The van der Waals surface area contributed by atoms with Gasteiger partial charge in [0.25, 0.3) is 5.69 Å². The number of H-pyrrole nitrogens is 1. The van der Waals surface area contributed by atoms with E-state index in [2.05, 4.69) is 23.7 Å². The summed E-state index contributed by atoms with van der Waals surface area (Å²) in [5.74, 6) is 0. The molecule has 5 nitrogen and oxygen atoms in total. The number of nitro groups is 1. The van der Waals surface area contributed by atoms with Gasteiger partial charge in [-0.3, -0.25) is 15.0 Å². The van der Waals surface area contributed by atoms with Crippen LogP contribution in [-0.4, -0.2) is 27.9 Å². The van der Waals surface area contributed by atoms with E-state index < -0.39 is 0 Å². The highest BCUT2D eigenvalue weighted by molar-refractivity contribution is 5.85. The maximum absolute atomic E-state index is 10.9. The van der Waals surface area contributed by atoms with E-state index in [9.17, 15) is 10.1 Å². The molecule has 0 spiro atoms. The molecule has 0 radical (unpaired) electrons. The number of fused-ring (bicyclic) bond motifs is 1. The van der Waals surface area contributed by atoms with Crippen LogP contribution in [0, 0.1) is 10.1 Å². The molecule has 2 rings (SSSR count). The third-order valence-corrected chi connectivity index (χ3v) is 3.44.